The van der Waals surface area contributed by atoms with Gasteiger partial charge in [0.1, 0.15) is 0 Å². The summed E-state index contributed by atoms with van der Waals surface area (Å²) in [7, 11) is 2.20. The Bertz CT molecular complexity index is 432. The lowest BCUT2D eigenvalue weighted by atomic mass is 9.86. The van der Waals surface area contributed by atoms with Gasteiger partial charge in [-0.05, 0) is 43.7 Å². The van der Waals surface area contributed by atoms with Gasteiger partial charge in [0, 0.05) is 24.8 Å². The van der Waals surface area contributed by atoms with Crippen LogP contribution in [-0.4, -0.2) is 19.1 Å². The highest BCUT2D eigenvalue weighted by Crippen LogP contribution is 2.30. The molecule has 0 spiro atoms. The van der Waals surface area contributed by atoms with Crippen molar-refractivity contribution in [1.82, 2.24) is 0 Å². The Kier molecular flexibility index (Phi) is 5.64. The second-order valence-corrected chi connectivity index (χ2v) is 7.16. The van der Waals surface area contributed by atoms with Crippen LogP contribution in [0.3, 0.4) is 0 Å². The lowest BCUT2D eigenvalue weighted by molar-refractivity contribution is 0.329. The summed E-state index contributed by atoms with van der Waals surface area (Å²) in [6, 6.07) is 7.45. The normalized spacial score (nSPS) is 15.0. The molecule has 0 saturated carbocycles. The van der Waals surface area contributed by atoms with Crippen LogP contribution in [0.25, 0.3) is 0 Å². The summed E-state index contributed by atoms with van der Waals surface area (Å²) in [5.74, 6) is 0. The summed E-state index contributed by atoms with van der Waals surface area (Å²) in [6.45, 7) is 13.5. The molecule has 0 heterocycles. The van der Waals surface area contributed by atoms with E-state index in [2.05, 4.69) is 71.7 Å². The molecule has 2 atom stereocenters. The first-order chi connectivity index (χ1) is 9.16. The van der Waals surface area contributed by atoms with Crippen LogP contribution < -0.4 is 10.6 Å². The van der Waals surface area contributed by atoms with Crippen LogP contribution in [0.1, 0.15) is 52.2 Å². The fraction of sp³-hybridized carbons (Fsp3) is 0.667. The molecule has 2 unspecified atom stereocenters. The second-order valence-electron chi connectivity index (χ2n) is 7.16. The minimum Gasteiger partial charge on any atom is -0.371 e. The van der Waals surface area contributed by atoms with Crippen molar-refractivity contribution in [3.63, 3.8) is 0 Å². The first kappa shape index (κ1) is 17.0. The molecule has 0 fully saturated rings. The average Bonchev–Trinajstić information content (AvgIpc) is 2.36. The maximum absolute atomic E-state index is 6.17. The van der Waals surface area contributed by atoms with Gasteiger partial charge in [-0.3, -0.25) is 0 Å². The molecule has 20 heavy (non-hydrogen) atoms. The van der Waals surface area contributed by atoms with Crippen molar-refractivity contribution < 1.29 is 0 Å². The molecule has 0 amide bonds. The average molecular weight is 276 g/mol. The summed E-state index contributed by atoms with van der Waals surface area (Å²) in [5, 5.41) is 0. The summed E-state index contributed by atoms with van der Waals surface area (Å²) in [5.41, 5.74) is 10.4. The van der Waals surface area contributed by atoms with Crippen molar-refractivity contribution in [2.24, 2.45) is 11.1 Å². The molecule has 2 heteroatoms. The highest BCUT2D eigenvalue weighted by molar-refractivity contribution is 5.55. The van der Waals surface area contributed by atoms with Crippen LogP contribution in [-0.2, 0) is 6.42 Å². The van der Waals surface area contributed by atoms with Crippen molar-refractivity contribution in [3.8, 4) is 0 Å². The summed E-state index contributed by atoms with van der Waals surface area (Å²) in [4.78, 5) is 2.40. The molecule has 1 aromatic carbocycles. The third-order valence-corrected chi connectivity index (χ3v) is 4.46. The molecular formula is C18H32N2. The molecule has 114 valence electrons. The van der Waals surface area contributed by atoms with Gasteiger partial charge in [-0.15, -0.1) is 0 Å². The summed E-state index contributed by atoms with van der Waals surface area (Å²) in [6.07, 6.45) is 1.97. The SMILES string of the molecule is CCC(N)Cc1cc(C)ccc1N(C)C(C)C(C)(C)C. The van der Waals surface area contributed by atoms with Gasteiger partial charge in [0.25, 0.3) is 0 Å². The molecule has 2 N–H and O–H groups in total. The molecule has 2 nitrogen and oxygen atoms in total. The smallest absolute Gasteiger partial charge is 0.0399 e. The number of rotatable bonds is 5. The number of nitrogens with two attached hydrogens (primary N) is 1. The molecule has 0 aliphatic rings. The van der Waals surface area contributed by atoms with Crippen molar-refractivity contribution in [3.05, 3.63) is 29.3 Å². The van der Waals surface area contributed by atoms with E-state index in [0.717, 1.165) is 12.8 Å². The Hall–Kier alpha value is -1.02. The van der Waals surface area contributed by atoms with Gasteiger partial charge in [0.2, 0.25) is 0 Å². The number of aryl methyl sites for hydroxylation is 1. The Morgan fingerprint density at radius 1 is 1.25 bits per heavy atom. The first-order valence-corrected chi connectivity index (χ1v) is 7.74. The number of anilines is 1. The van der Waals surface area contributed by atoms with Gasteiger partial charge in [0.05, 0.1) is 0 Å². The number of hydrogen-bond acceptors (Lipinski definition) is 2. The van der Waals surface area contributed by atoms with Gasteiger partial charge in [0.15, 0.2) is 0 Å². The van der Waals surface area contributed by atoms with Gasteiger partial charge in [-0.1, -0.05) is 45.4 Å². The monoisotopic (exact) mass is 276 g/mol. The van der Waals surface area contributed by atoms with Crippen LogP contribution in [0.15, 0.2) is 18.2 Å². The van der Waals surface area contributed by atoms with Crippen molar-refractivity contribution in [2.75, 3.05) is 11.9 Å². The Morgan fingerprint density at radius 2 is 1.85 bits per heavy atom. The van der Waals surface area contributed by atoms with Gasteiger partial charge in [-0.25, -0.2) is 0 Å². The molecular weight excluding hydrogens is 244 g/mol. The number of hydrogen-bond donors (Lipinski definition) is 1. The molecule has 1 rings (SSSR count). The van der Waals surface area contributed by atoms with Crippen LogP contribution >= 0.6 is 0 Å². The summed E-state index contributed by atoms with van der Waals surface area (Å²) >= 11 is 0. The van der Waals surface area contributed by atoms with Crippen LogP contribution in [0.4, 0.5) is 5.69 Å². The van der Waals surface area contributed by atoms with E-state index >= 15 is 0 Å². The largest absolute Gasteiger partial charge is 0.371 e. The van der Waals surface area contributed by atoms with Gasteiger partial charge in [-0.2, -0.15) is 0 Å². The molecule has 0 bridgehead atoms. The van der Waals surface area contributed by atoms with Gasteiger partial charge >= 0.3 is 0 Å². The maximum atomic E-state index is 6.17. The Balaban J connectivity index is 3.10. The minimum absolute atomic E-state index is 0.244. The van der Waals surface area contributed by atoms with E-state index in [-0.39, 0.29) is 11.5 Å². The van der Waals surface area contributed by atoms with E-state index in [1.54, 1.807) is 0 Å². The molecule has 0 aromatic heterocycles. The van der Waals surface area contributed by atoms with E-state index < -0.39 is 0 Å². The predicted molar refractivity (Wildman–Crippen MR) is 90.5 cm³/mol. The van der Waals surface area contributed by atoms with Crippen molar-refractivity contribution >= 4 is 5.69 Å². The standard InChI is InChI=1S/C18H32N2/c1-8-16(19)12-15-11-13(2)9-10-17(15)20(7)14(3)18(4,5)6/h9-11,14,16H,8,12,19H2,1-7H3. The number of benzene rings is 1. The third kappa shape index (κ3) is 4.24. The minimum atomic E-state index is 0.244. The van der Waals surface area contributed by atoms with Crippen molar-refractivity contribution in [1.29, 1.82) is 0 Å². The van der Waals surface area contributed by atoms with E-state index in [1.807, 2.05) is 0 Å². The lowest BCUT2D eigenvalue weighted by Gasteiger charge is -2.38. The predicted octanol–water partition coefficient (Wildman–Crippen LogP) is 4.15. The summed E-state index contributed by atoms with van der Waals surface area (Å²) < 4.78 is 0. The van der Waals surface area contributed by atoms with Crippen LogP contribution in [0.2, 0.25) is 0 Å². The second kappa shape index (κ2) is 6.62. The van der Waals surface area contributed by atoms with E-state index in [9.17, 15) is 0 Å². The maximum Gasteiger partial charge on any atom is 0.0399 e. The molecule has 0 aliphatic carbocycles. The highest BCUT2D eigenvalue weighted by Gasteiger charge is 2.25. The molecule has 1 aromatic rings. The zero-order valence-electron chi connectivity index (χ0n) is 14.3. The van der Waals surface area contributed by atoms with Crippen LogP contribution in [0.5, 0.6) is 0 Å². The van der Waals surface area contributed by atoms with Crippen molar-refractivity contribution in [2.45, 2.75) is 66.5 Å². The van der Waals surface area contributed by atoms with E-state index in [1.165, 1.54) is 16.8 Å². The quantitative estimate of drug-likeness (QED) is 0.875. The van der Waals surface area contributed by atoms with E-state index in [4.69, 9.17) is 5.73 Å². The number of nitrogens with zero attached hydrogens (tertiary/aromatic N) is 1. The van der Waals surface area contributed by atoms with Crippen LogP contribution in [0, 0.1) is 12.3 Å². The zero-order chi connectivity index (χ0) is 15.5. The first-order valence-electron chi connectivity index (χ1n) is 7.74. The Morgan fingerprint density at radius 3 is 2.35 bits per heavy atom. The fourth-order valence-corrected chi connectivity index (χ4v) is 2.44. The lowest BCUT2D eigenvalue weighted by Crippen LogP contribution is -2.40. The molecule has 0 radical (unpaired) electrons. The third-order valence-electron chi connectivity index (χ3n) is 4.46. The topological polar surface area (TPSA) is 29.3 Å². The Labute approximate surface area is 125 Å². The van der Waals surface area contributed by atoms with Gasteiger partial charge < -0.3 is 10.6 Å². The molecule has 0 saturated heterocycles. The molecule has 0 aliphatic heterocycles. The zero-order valence-corrected chi connectivity index (χ0v) is 14.3. The van der Waals surface area contributed by atoms with E-state index in [0.29, 0.717) is 6.04 Å². The fourth-order valence-electron chi connectivity index (χ4n) is 2.44. The highest BCUT2D eigenvalue weighted by atomic mass is 15.1.